The van der Waals surface area contributed by atoms with E-state index in [-0.39, 0.29) is 64.9 Å². The van der Waals surface area contributed by atoms with E-state index in [4.69, 9.17) is 4.74 Å². The van der Waals surface area contributed by atoms with Crippen LogP contribution in [-0.4, -0.2) is 19.3 Å². The normalized spacial score (nSPS) is 9.72. The summed E-state index contributed by atoms with van der Waals surface area (Å²) in [6.07, 6.45) is 0. The molecule has 5 nitrogen and oxygen atoms in total. The van der Waals surface area contributed by atoms with Crippen molar-refractivity contribution in [2.24, 2.45) is 0 Å². The molecule has 0 atom stereocenters. The van der Waals surface area contributed by atoms with Gasteiger partial charge in [0.25, 0.3) is 0 Å². The Hall–Kier alpha value is 0.980. The molecule has 0 aliphatic carbocycles. The SMILES string of the molecule is CC(=O)Oc1ccc(C[S+]=S(=O)([O-])[O-])cc1.[Na+].[Na+]. The smallest absolute Gasteiger partial charge is 0.746 e. The summed E-state index contributed by atoms with van der Waals surface area (Å²) in [6, 6.07) is 6.26. The maximum absolute atomic E-state index is 10.6. The quantitative estimate of drug-likeness (QED) is 0.241. The molecular formula is C9H9Na2O5S2+. The molecule has 1 aromatic rings. The van der Waals surface area contributed by atoms with Crippen LogP contribution in [0.1, 0.15) is 12.5 Å². The first-order chi connectivity index (χ1) is 7.37. The summed E-state index contributed by atoms with van der Waals surface area (Å²) < 4.78 is 35.9. The molecule has 0 saturated heterocycles. The Morgan fingerprint density at radius 3 is 2.17 bits per heavy atom. The van der Waals surface area contributed by atoms with Crippen LogP contribution in [0.3, 0.4) is 0 Å². The first-order valence-corrected chi connectivity index (χ1v) is 7.15. The van der Waals surface area contributed by atoms with Crippen LogP contribution >= 0.6 is 0 Å². The van der Waals surface area contributed by atoms with Crippen molar-refractivity contribution >= 4 is 25.3 Å². The van der Waals surface area contributed by atoms with E-state index in [0.717, 1.165) is 0 Å². The minimum atomic E-state index is -4.27. The summed E-state index contributed by atoms with van der Waals surface area (Å²) in [5.41, 5.74) is 0.667. The number of rotatable bonds is 3. The number of carbonyl (C=O) groups is 1. The largest absolute Gasteiger partial charge is 1.00 e. The summed E-state index contributed by atoms with van der Waals surface area (Å²) in [7, 11) is -3.95. The van der Waals surface area contributed by atoms with Crippen LogP contribution in [0, 0.1) is 0 Å². The zero-order valence-corrected chi connectivity index (χ0v) is 16.0. The topological polar surface area (TPSA) is 89.5 Å². The molecule has 18 heavy (non-hydrogen) atoms. The molecule has 0 N–H and O–H groups in total. The van der Waals surface area contributed by atoms with Crippen molar-refractivity contribution in [3.05, 3.63) is 29.8 Å². The molecule has 0 bridgehead atoms. The van der Waals surface area contributed by atoms with Gasteiger partial charge < -0.3 is 13.8 Å². The first kappa shape index (κ1) is 21.3. The van der Waals surface area contributed by atoms with Crippen LogP contribution in [-0.2, 0) is 29.9 Å². The molecule has 1 rings (SSSR count). The van der Waals surface area contributed by atoms with Gasteiger partial charge in [-0.05, 0) is 24.3 Å². The van der Waals surface area contributed by atoms with Gasteiger partial charge >= 0.3 is 65.1 Å². The van der Waals surface area contributed by atoms with Gasteiger partial charge in [0.1, 0.15) is 5.75 Å². The van der Waals surface area contributed by atoms with Crippen molar-refractivity contribution in [2.45, 2.75) is 12.7 Å². The van der Waals surface area contributed by atoms with Crippen LogP contribution in [0.2, 0.25) is 0 Å². The molecule has 0 saturated carbocycles. The maximum Gasteiger partial charge on any atom is 1.00 e. The van der Waals surface area contributed by atoms with Crippen LogP contribution in [0.4, 0.5) is 0 Å². The van der Waals surface area contributed by atoms with Gasteiger partial charge in [0, 0.05) is 12.5 Å². The minimum absolute atomic E-state index is 0. The number of carbonyl (C=O) groups excluding carboxylic acids is 1. The van der Waals surface area contributed by atoms with Gasteiger partial charge in [0.15, 0.2) is 0 Å². The molecule has 0 heterocycles. The molecule has 0 amide bonds. The molecular weight excluding hydrogens is 298 g/mol. The van der Waals surface area contributed by atoms with Crippen LogP contribution < -0.4 is 63.9 Å². The Kier molecular flexibility index (Phi) is 11.6. The number of ether oxygens (including phenoxy) is 1. The molecule has 0 unspecified atom stereocenters. The Bertz CT molecular complexity index is 486. The predicted molar refractivity (Wildman–Crippen MR) is 58.5 cm³/mol. The fraction of sp³-hybridized carbons (Fsp3) is 0.222. The average Bonchev–Trinajstić information content (AvgIpc) is 2.14. The predicted octanol–water partition coefficient (Wildman–Crippen LogP) is -5.34. The summed E-state index contributed by atoms with van der Waals surface area (Å²) in [5, 5.41) is 0. The molecule has 88 valence electrons. The Labute approximate surface area is 154 Å². The Morgan fingerprint density at radius 1 is 1.28 bits per heavy atom. The van der Waals surface area contributed by atoms with Gasteiger partial charge in [-0.1, -0.05) is 0 Å². The van der Waals surface area contributed by atoms with Crippen molar-refractivity contribution in [1.82, 2.24) is 0 Å². The molecule has 1 aromatic carbocycles. The number of benzene rings is 1. The number of esters is 1. The van der Waals surface area contributed by atoms with Gasteiger partial charge in [-0.15, -0.1) is 0 Å². The van der Waals surface area contributed by atoms with Crippen molar-refractivity contribution in [1.29, 1.82) is 0 Å². The fourth-order valence-electron chi connectivity index (χ4n) is 0.960. The van der Waals surface area contributed by atoms with E-state index in [1.807, 2.05) is 0 Å². The molecule has 0 aromatic heterocycles. The summed E-state index contributed by atoms with van der Waals surface area (Å²) in [6.45, 7) is 1.29. The van der Waals surface area contributed by atoms with Crippen molar-refractivity contribution in [3.8, 4) is 5.75 Å². The monoisotopic (exact) mass is 307 g/mol. The first-order valence-electron chi connectivity index (χ1n) is 4.24. The number of hydrogen-bond donors (Lipinski definition) is 0. The van der Waals surface area contributed by atoms with E-state index >= 15 is 0 Å². The third kappa shape index (κ3) is 9.85. The Morgan fingerprint density at radius 2 is 1.78 bits per heavy atom. The van der Waals surface area contributed by atoms with E-state index < -0.39 is 15.0 Å². The van der Waals surface area contributed by atoms with Gasteiger partial charge in [-0.25, -0.2) is 4.21 Å². The number of hydrogen-bond acceptors (Lipinski definition) is 5. The minimum Gasteiger partial charge on any atom is -0.746 e. The zero-order valence-electron chi connectivity index (χ0n) is 10.4. The van der Waals surface area contributed by atoms with Crippen LogP contribution in [0.25, 0.3) is 0 Å². The van der Waals surface area contributed by atoms with Crippen molar-refractivity contribution in [2.75, 3.05) is 0 Å². The summed E-state index contributed by atoms with van der Waals surface area (Å²) in [5.74, 6) is 0.0297. The van der Waals surface area contributed by atoms with E-state index in [0.29, 0.717) is 21.6 Å². The molecule has 9 heteroatoms. The zero-order chi connectivity index (χ0) is 12.2. The fourth-order valence-corrected chi connectivity index (χ4v) is 2.27. The molecule has 0 fully saturated rings. The van der Waals surface area contributed by atoms with Crippen molar-refractivity contribution in [3.63, 3.8) is 0 Å². The second kappa shape index (κ2) is 9.82. The van der Waals surface area contributed by atoms with Gasteiger partial charge in [-0.3, -0.25) is 4.79 Å². The van der Waals surface area contributed by atoms with E-state index in [1.54, 1.807) is 12.1 Å². The summed E-state index contributed by atoms with van der Waals surface area (Å²) >= 11 is 0. The van der Waals surface area contributed by atoms with Gasteiger partial charge in [0.05, 0.1) is 9.05 Å². The average molecular weight is 307 g/mol. The van der Waals surface area contributed by atoms with E-state index in [9.17, 15) is 18.1 Å². The Balaban J connectivity index is 0. The van der Waals surface area contributed by atoms with Crippen LogP contribution in [0.5, 0.6) is 5.75 Å². The standard InChI is InChI=1S/C9H10O5S2.2Na/c1-7(10)14-9-4-2-8(3-5-9)6-15-16(11,12)13;;/h2-5H,6H2,1H3,(H-,11,12,13);;/q;2*+1/p-1. The van der Waals surface area contributed by atoms with Gasteiger partial charge in [0.2, 0.25) is 16.1 Å². The second-order valence-corrected chi connectivity index (χ2v) is 6.18. The molecule has 0 aliphatic rings. The summed E-state index contributed by atoms with van der Waals surface area (Å²) in [4.78, 5) is 10.6. The third-order valence-electron chi connectivity index (χ3n) is 1.55. The molecule has 0 radical (unpaired) electrons. The van der Waals surface area contributed by atoms with E-state index in [2.05, 4.69) is 0 Å². The van der Waals surface area contributed by atoms with Crippen LogP contribution in [0.15, 0.2) is 24.3 Å². The van der Waals surface area contributed by atoms with E-state index in [1.165, 1.54) is 19.1 Å². The molecule has 0 aliphatic heterocycles. The molecule has 0 spiro atoms. The van der Waals surface area contributed by atoms with Gasteiger partial charge in [-0.2, -0.15) is 0 Å². The van der Waals surface area contributed by atoms with Crippen molar-refractivity contribution < 1.29 is 82.0 Å². The third-order valence-corrected chi connectivity index (χ3v) is 3.51. The maximum atomic E-state index is 10.6. The second-order valence-electron chi connectivity index (χ2n) is 2.91.